The van der Waals surface area contributed by atoms with Crippen molar-refractivity contribution in [1.82, 2.24) is 0 Å². The second-order valence-electron chi connectivity index (χ2n) is 9.97. The zero-order chi connectivity index (χ0) is 23.4. The average Bonchev–Trinajstić information content (AvgIpc) is 2.98. The third kappa shape index (κ3) is 2.92. The highest BCUT2D eigenvalue weighted by Crippen LogP contribution is 2.52. The Balaban J connectivity index is 1.84. The first-order valence-electron chi connectivity index (χ1n) is 11.4. The fraction of sp³-hybridized carbons (Fsp3) is 0.393. The number of Topliss-reactive ketones (excluding diaryl/α,β-unsaturated/α-hetero) is 1. The third-order valence-corrected chi connectivity index (χ3v) is 7.57. The van der Waals surface area contributed by atoms with Gasteiger partial charge >= 0.3 is 0 Å². The molecular formula is C28H34N2O2. The number of para-hydroxylation sites is 2. The molecule has 0 saturated heterocycles. The Bertz CT molecular complexity index is 1150. The van der Waals surface area contributed by atoms with Gasteiger partial charge in [-0.05, 0) is 35.3 Å². The largest absolute Gasteiger partial charge is 0.507 e. The Morgan fingerprint density at radius 3 is 2.34 bits per heavy atom. The smallest absolute Gasteiger partial charge is 0.198 e. The van der Waals surface area contributed by atoms with Crippen LogP contribution < -0.4 is 10.2 Å². The van der Waals surface area contributed by atoms with Crippen LogP contribution in [0.2, 0.25) is 0 Å². The first-order chi connectivity index (χ1) is 15.1. The number of hydrogen-bond donors (Lipinski definition) is 2. The van der Waals surface area contributed by atoms with Crippen LogP contribution in [0.1, 0.15) is 52.2 Å². The van der Waals surface area contributed by atoms with Gasteiger partial charge in [-0.15, -0.1) is 0 Å². The number of anilines is 2. The summed E-state index contributed by atoms with van der Waals surface area (Å²) in [6.07, 6.45) is 0.688. The van der Waals surface area contributed by atoms with Gasteiger partial charge in [0.05, 0.1) is 17.2 Å². The molecule has 1 heterocycles. The van der Waals surface area contributed by atoms with Crippen LogP contribution in [0.4, 0.5) is 11.4 Å². The molecule has 168 valence electrons. The lowest BCUT2D eigenvalue weighted by atomic mass is 9.66. The summed E-state index contributed by atoms with van der Waals surface area (Å²) in [5.74, 6) is 0.145. The summed E-state index contributed by atoms with van der Waals surface area (Å²) in [6.45, 7) is 10.6. The molecule has 0 fully saturated rings. The van der Waals surface area contributed by atoms with Gasteiger partial charge in [-0.25, -0.2) is 0 Å². The van der Waals surface area contributed by atoms with Gasteiger partial charge in [0.25, 0.3) is 0 Å². The van der Waals surface area contributed by atoms with Crippen molar-refractivity contribution < 1.29 is 9.90 Å². The second-order valence-corrected chi connectivity index (χ2v) is 9.97. The fourth-order valence-corrected chi connectivity index (χ4v) is 5.95. The van der Waals surface area contributed by atoms with Gasteiger partial charge in [-0.2, -0.15) is 0 Å². The first-order valence-corrected chi connectivity index (χ1v) is 11.4. The van der Waals surface area contributed by atoms with Gasteiger partial charge in [-0.1, -0.05) is 71.0 Å². The first kappa shape index (κ1) is 22.2. The molecule has 2 aliphatic rings. The SMILES string of the molecule is CC/C(=C1/C(=O)C(C2N(C)c3ccccc3C2(C)C)=C1O)C(C)(C)c1ccccc1NC. The van der Waals surface area contributed by atoms with E-state index in [4.69, 9.17) is 0 Å². The molecule has 4 heteroatoms. The Labute approximate surface area is 191 Å². The standard InChI is InChI=1S/C28H34N2O2/c1-8-17(27(2,3)18-13-9-11-15-20(18)29-6)22-24(31)23(25(22)32)26-28(4,5)19-14-10-12-16-21(19)30(26)7/h9-16,26,29,31H,8H2,1-7H3/b22-17-. The van der Waals surface area contributed by atoms with E-state index < -0.39 is 5.41 Å². The summed E-state index contributed by atoms with van der Waals surface area (Å²) in [5.41, 5.74) is 5.80. The number of benzene rings is 2. The zero-order valence-electron chi connectivity index (χ0n) is 20.2. The van der Waals surface area contributed by atoms with Gasteiger partial charge in [0.1, 0.15) is 5.76 Å². The number of nitrogens with zero attached hydrogens (tertiary/aromatic N) is 1. The van der Waals surface area contributed by atoms with Crippen LogP contribution in [-0.2, 0) is 15.6 Å². The topological polar surface area (TPSA) is 52.6 Å². The molecule has 32 heavy (non-hydrogen) atoms. The molecule has 0 aromatic heterocycles. The Morgan fingerprint density at radius 2 is 1.75 bits per heavy atom. The number of allylic oxidation sites excluding steroid dienone is 2. The highest BCUT2D eigenvalue weighted by Gasteiger charge is 2.53. The molecule has 1 atom stereocenters. The monoisotopic (exact) mass is 430 g/mol. The van der Waals surface area contributed by atoms with Crippen molar-refractivity contribution >= 4 is 17.2 Å². The highest BCUT2D eigenvalue weighted by molar-refractivity contribution is 6.21. The van der Waals surface area contributed by atoms with E-state index in [2.05, 4.69) is 63.0 Å². The Kier molecular flexibility index (Phi) is 5.23. The van der Waals surface area contributed by atoms with Crippen LogP contribution in [0.15, 0.2) is 71.0 Å². The summed E-state index contributed by atoms with van der Waals surface area (Å²) in [4.78, 5) is 15.8. The lowest BCUT2D eigenvalue weighted by Gasteiger charge is -2.40. The molecule has 1 aliphatic carbocycles. The van der Waals surface area contributed by atoms with Crippen LogP contribution in [0.3, 0.4) is 0 Å². The summed E-state index contributed by atoms with van der Waals surface area (Å²) in [5, 5.41) is 14.6. The van der Waals surface area contributed by atoms with E-state index in [-0.39, 0.29) is 23.0 Å². The van der Waals surface area contributed by atoms with E-state index >= 15 is 0 Å². The molecule has 0 spiro atoms. The quantitative estimate of drug-likeness (QED) is 0.580. The summed E-state index contributed by atoms with van der Waals surface area (Å²) in [7, 11) is 3.93. The number of hydrogen-bond acceptors (Lipinski definition) is 4. The summed E-state index contributed by atoms with van der Waals surface area (Å²) in [6, 6.07) is 16.2. The molecule has 1 aliphatic heterocycles. The minimum atomic E-state index is -0.404. The molecule has 0 saturated carbocycles. The number of fused-ring (bicyclic) bond motifs is 1. The molecule has 2 aromatic rings. The molecule has 0 bridgehead atoms. The maximum atomic E-state index is 13.7. The van der Waals surface area contributed by atoms with Gasteiger partial charge < -0.3 is 15.3 Å². The zero-order valence-corrected chi connectivity index (χ0v) is 20.2. The van der Waals surface area contributed by atoms with E-state index in [1.165, 1.54) is 5.56 Å². The third-order valence-electron chi connectivity index (χ3n) is 7.57. The van der Waals surface area contributed by atoms with Crippen LogP contribution in [0.5, 0.6) is 0 Å². The van der Waals surface area contributed by atoms with Crippen molar-refractivity contribution in [3.8, 4) is 0 Å². The van der Waals surface area contributed by atoms with Crippen molar-refractivity contribution in [2.75, 3.05) is 24.3 Å². The fourth-order valence-electron chi connectivity index (χ4n) is 5.95. The lowest BCUT2D eigenvalue weighted by molar-refractivity contribution is -0.114. The molecule has 0 amide bonds. The number of carbonyl (C=O) groups is 1. The van der Waals surface area contributed by atoms with Gasteiger partial charge in [-0.3, -0.25) is 4.79 Å². The van der Waals surface area contributed by atoms with Crippen molar-refractivity contribution in [2.24, 2.45) is 0 Å². The van der Waals surface area contributed by atoms with Gasteiger partial charge in [0.2, 0.25) is 0 Å². The predicted molar refractivity (Wildman–Crippen MR) is 133 cm³/mol. The number of aliphatic hydroxyl groups excluding tert-OH is 1. The van der Waals surface area contributed by atoms with E-state index in [1.54, 1.807) is 0 Å². The van der Waals surface area contributed by atoms with E-state index in [0.717, 1.165) is 22.5 Å². The maximum absolute atomic E-state index is 13.7. The number of aliphatic hydroxyl groups is 1. The Morgan fingerprint density at radius 1 is 1.12 bits per heavy atom. The molecule has 2 aromatic carbocycles. The van der Waals surface area contributed by atoms with E-state index in [1.807, 2.05) is 44.4 Å². The van der Waals surface area contributed by atoms with Crippen molar-refractivity contribution in [3.63, 3.8) is 0 Å². The highest BCUT2D eigenvalue weighted by atomic mass is 16.3. The second kappa shape index (κ2) is 7.54. The molecule has 4 rings (SSSR count). The maximum Gasteiger partial charge on any atom is 0.198 e. The van der Waals surface area contributed by atoms with Gasteiger partial charge in [0.15, 0.2) is 5.78 Å². The number of rotatable bonds is 5. The number of likely N-dealkylation sites (N-methyl/N-ethyl adjacent to an activating group) is 1. The van der Waals surface area contributed by atoms with Crippen LogP contribution in [-0.4, -0.2) is 31.0 Å². The molecule has 1 unspecified atom stereocenters. The minimum absolute atomic E-state index is 0.0212. The van der Waals surface area contributed by atoms with Crippen LogP contribution >= 0.6 is 0 Å². The molecule has 4 nitrogen and oxygen atoms in total. The van der Waals surface area contributed by atoms with Crippen molar-refractivity contribution in [1.29, 1.82) is 0 Å². The van der Waals surface area contributed by atoms with Crippen molar-refractivity contribution in [2.45, 2.75) is 57.9 Å². The lowest BCUT2D eigenvalue weighted by Crippen LogP contribution is -2.48. The molecule has 2 N–H and O–H groups in total. The summed E-state index contributed by atoms with van der Waals surface area (Å²) < 4.78 is 0. The average molecular weight is 431 g/mol. The summed E-state index contributed by atoms with van der Waals surface area (Å²) >= 11 is 0. The normalized spacial score (nSPS) is 21.4. The van der Waals surface area contributed by atoms with Crippen LogP contribution in [0, 0.1) is 0 Å². The van der Waals surface area contributed by atoms with Gasteiger partial charge in [0, 0.05) is 36.3 Å². The number of carbonyl (C=O) groups excluding carboxylic acids is 1. The van der Waals surface area contributed by atoms with Crippen LogP contribution in [0.25, 0.3) is 0 Å². The van der Waals surface area contributed by atoms with Crippen molar-refractivity contribution in [3.05, 3.63) is 82.1 Å². The Hall–Kier alpha value is -3.01. The van der Waals surface area contributed by atoms with E-state index in [0.29, 0.717) is 17.6 Å². The molecular weight excluding hydrogens is 396 g/mol. The molecule has 0 radical (unpaired) electrons. The number of nitrogens with one attached hydrogen (secondary N) is 1. The number of ketones is 1. The minimum Gasteiger partial charge on any atom is -0.507 e. The predicted octanol–water partition coefficient (Wildman–Crippen LogP) is 5.90. The van der Waals surface area contributed by atoms with E-state index in [9.17, 15) is 9.90 Å².